The first kappa shape index (κ1) is 10.2. The highest BCUT2D eigenvalue weighted by atomic mass is 16.4. The van der Waals surface area contributed by atoms with Gasteiger partial charge in [0.2, 0.25) is 5.91 Å². The number of piperidine rings is 1. The highest BCUT2D eigenvalue weighted by molar-refractivity contribution is 6.04. The maximum Gasteiger partial charge on any atom is 0.319 e. The van der Waals surface area contributed by atoms with Crippen LogP contribution < -0.4 is 0 Å². The summed E-state index contributed by atoms with van der Waals surface area (Å²) in [5.74, 6) is -1.15. The van der Waals surface area contributed by atoms with Gasteiger partial charge in [-0.25, -0.2) is 0 Å². The molecule has 0 aromatic rings. The van der Waals surface area contributed by atoms with E-state index < -0.39 is 11.4 Å². The molecule has 0 radical (unpaired) electrons. The van der Waals surface area contributed by atoms with Crippen LogP contribution in [0.2, 0.25) is 0 Å². The van der Waals surface area contributed by atoms with Crippen molar-refractivity contribution in [1.82, 2.24) is 4.90 Å². The number of carboxylic acid groups (broad SMARTS) is 1. The molecule has 0 aromatic carbocycles. The van der Waals surface area contributed by atoms with E-state index >= 15 is 0 Å². The third-order valence-electron chi connectivity index (χ3n) is 3.33. The Labute approximate surface area is 88.6 Å². The number of rotatable bonds is 2. The van der Waals surface area contributed by atoms with Gasteiger partial charge in [0.15, 0.2) is 0 Å². The van der Waals surface area contributed by atoms with Gasteiger partial charge in [0, 0.05) is 13.1 Å². The molecular formula is C11H15NO3. The number of amides is 1. The molecule has 4 nitrogen and oxygen atoms in total. The van der Waals surface area contributed by atoms with Crippen LogP contribution in [0.4, 0.5) is 0 Å². The van der Waals surface area contributed by atoms with Gasteiger partial charge in [-0.05, 0) is 25.7 Å². The summed E-state index contributed by atoms with van der Waals surface area (Å²) in [5, 5.41) is 8.99. The zero-order valence-corrected chi connectivity index (χ0v) is 8.66. The second kappa shape index (κ2) is 3.36. The molecule has 0 aromatic heterocycles. The Hall–Kier alpha value is -1.32. The quantitative estimate of drug-likeness (QED) is 0.546. The Balaban J connectivity index is 2.03. The first-order valence-corrected chi connectivity index (χ1v) is 5.26. The predicted octanol–water partition coefficient (Wildman–Crippen LogP) is 1.03. The molecule has 2 aliphatic rings. The summed E-state index contributed by atoms with van der Waals surface area (Å²) in [7, 11) is 0. The van der Waals surface area contributed by atoms with Gasteiger partial charge in [-0.1, -0.05) is 12.2 Å². The fourth-order valence-electron chi connectivity index (χ4n) is 1.97. The highest BCUT2D eigenvalue weighted by Crippen LogP contribution is 2.47. The van der Waals surface area contributed by atoms with E-state index in [-0.39, 0.29) is 5.91 Å². The van der Waals surface area contributed by atoms with Gasteiger partial charge in [0.1, 0.15) is 5.41 Å². The second-order valence-electron chi connectivity index (χ2n) is 4.43. The lowest BCUT2D eigenvalue weighted by Crippen LogP contribution is -2.43. The summed E-state index contributed by atoms with van der Waals surface area (Å²) in [6.45, 7) is 5.13. The molecule has 15 heavy (non-hydrogen) atoms. The average molecular weight is 209 g/mol. The minimum Gasteiger partial charge on any atom is -0.480 e. The van der Waals surface area contributed by atoms with E-state index in [2.05, 4.69) is 6.58 Å². The number of hydrogen-bond acceptors (Lipinski definition) is 2. The number of nitrogens with zero attached hydrogens (tertiary/aromatic N) is 1. The fraction of sp³-hybridized carbons (Fsp3) is 0.636. The van der Waals surface area contributed by atoms with Gasteiger partial charge in [0.05, 0.1) is 0 Å². The van der Waals surface area contributed by atoms with Crippen LogP contribution in [-0.2, 0) is 9.59 Å². The summed E-state index contributed by atoms with van der Waals surface area (Å²) in [4.78, 5) is 24.6. The number of likely N-dealkylation sites (tertiary alicyclic amines) is 1. The van der Waals surface area contributed by atoms with Crippen LogP contribution in [0, 0.1) is 5.41 Å². The molecule has 1 aliphatic heterocycles. The minimum absolute atomic E-state index is 0.192. The van der Waals surface area contributed by atoms with Crippen LogP contribution in [0.3, 0.4) is 0 Å². The molecule has 1 N–H and O–H groups in total. The smallest absolute Gasteiger partial charge is 0.319 e. The Morgan fingerprint density at radius 2 is 1.80 bits per heavy atom. The van der Waals surface area contributed by atoms with Crippen molar-refractivity contribution in [3.8, 4) is 0 Å². The summed E-state index contributed by atoms with van der Waals surface area (Å²) >= 11 is 0. The largest absolute Gasteiger partial charge is 0.480 e. The van der Waals surface area contributed by atoms with Crippen molar-refractivity contribution in [2.75, 3.05) is 13.1 Å². The zero-order valence-electron chi connectivity index (χ0n) is 8.66. The topological polar surface area (TPSA) is 57.6 Å². The Morgan fingerprint density at radius 1 is 1.27 bits per heavy atom. The molecule has 1 saturated heterocycles. The molecule has 0 unspecified atom stereocenters. The van der Waals surface area contributed by atoms with Crippen molar-refractivity contribution < 1.29 is 14.7 Å². The molecule has 1 aliphatic carbocycles. The van der Waals surface area contributed by atoms with Crippen molar-refractivity contribution in [2.45, 2.75) is 25.7 Å². The van der Waals surface area contributed by atoms with Gasteiger partial charge in [-0.3, -0.25) is 9.59 Å². The Morgan fingerprint density at radius 3 is 2.20 bits per heavy atom. The summed E-state index contributed by atoms with van der Waals surface area (Å²) < 4.78 is 0. The van der Waals surface area contributed by atoms with Crippen LogP contribution >= 0.6 is 0 Å². The van der Waals surface area contributed by atoms with E-state index in [1.807, 2.05) is 0 Å². The van der Waals surface area contributed by atoms with Crippen LogP contribution in [0.1, 0.15) is 25.7 Å². The zero-order chi connectivity index (χ0) is 11.1. The van der Waals surface area contributed by atoms with Gasteiger partial charge < -0.3 is 10.0 Å². The summed E-state index contributed by atoms with van der Waals surface area (Å²) in [5.41, 5.74) is 0.0813. The molecule has 82 valence electrons. The number of aliphatic carboxylic acids is 1. The molecule has 0 atom stereocenters. The molecule has 1 saturated carbocycles. The van der Waals surface area contributed by atoms with E-state index in [1.54, 1.807) is 4.90 Å². The lowest BCUT2D eigenvalue weighted by molar-refractivity contribution is -0.153. The molecule has 2 rings (SSSR count). The molecule has 1 amide bonds. The van der Waals surface area contributed by atoms with Crippen LogP contribution in [0.15, 0.2) is 12.2 Å². The first-order valence-electron chi connectivity index (χ1n) is 5.26. The summed E-state index contributed by atoms with van der Waals surface area (Å²) in [6.07, 6.45) is 2.61. The van der Waals surface area contributed by atoms with E-state index in [9.17, 15) is 9.59 Å². The second-order valence-corrected chi connectivity index (χ2v) is 4.43. The third kappa shape index (κ3) is 1.64. The Bertz CT molecular complexity index is 321. The molecule has 0 bridgehead atoms. The Kier molecular flexibility index (Phi) is 2.29. The van der Waals surface area contributed by atoms with E-state index in [0.717, 1.165) is 18.4 Å². The van der Waals surface area contributed by atoms with Gasteiger partial charge >= 0.3 is 5.97 Å². The standard InChI is InChI=1S/C11H15NO3/c1-8-2-6-12(7-3-8)9(13)11(4-5-11)10(14)15/h1-7H2,(H,14,15). The molecule has 0 spiro atoms. The van der Waals surface area contributed by atoms with Gasteiger partial charge in [-0.15, -0.1) is 0 Å². The highest BCUT2D eigenvalue weighted by Gasteiger charge is 2.58. The van der Waals surface area contributed by atoms with Crippen LogP contribution in [0.25, 0.3) is 0 Å². The van der Waals surface area contributed by atoms with Crippen molar-refractivity contribution >= 4 is 11.9 Å². The lowest BCUT2D eigenvalue weighted by atomic mass is 10.0. The van der Waals surface area contributed by atoms with Crippen molar-refractivity contribution in [3.63, 3.8) is 0 Å². The maximum absolute atomic E-state index is 11.9. The lowest BCUT2D eigenvalue weighted by Gasteiger charge is -2.30. The van der Waals surface area contributed by atoms with E-state index in [1.165, 1.54) is 0 Å². The fourth-order valence-corrected chi connectivity index (χ4v) is 1.97. The van der Waals surface area contributed by atoms with Crippen molar-refractivity contribution in [3.05, 3.63) is 12.2 Å². The number of hydrogen-bond donors (Lipinski definition) is 1. The molecule has 1 heterocycles. The first-order chi connectivity index (χ1) is 7.06. The van der Waals surface area contributed by atoms with Gasteiger partial charge in [0.25, 0.3) is 0 Å². The van der Waals surface area contributed by atoms with E-state index in [4.69, 9.17) is 5.11 Å². The normalized spacial score (nSPS) is 23.7. The SMILES string of the molecule is C=C1CCN(C(=O)C2(C(=O)O)CC2)CC1. The minimum atomic E-state index is -1.07. The maximum atomic E-state index is 11.9. The van der Waals surface area contributed by atoms with Gasteiger partial charge in [-0.2, -0.15) is 0 Å². The van der Waals surface area contributed by atoms with Crippen molar-refractivity contribution in [2.24, 2.45) is 5.41 Å². The summed E-state index contributed by atoms with van der Waals surface area (Å²) in [6, 6.07) is 0. The van der Waals surface area contributed by atoms with Crippen LogP contribution in [0.5, 0.6) is 0 Å². The molecular weight excluding hydrogens is 194 g/mol. The van der Waals surface area contributed by atoms with Crippen LogP contribution in [-0.4, -0.2) is 35.0 Å². The number of carbonyl (C=O) groups is 2. The average Bonchev–Trinajstić information content (AvgIpc) is 2.98. The molecule has 2 fully saturated rings. The number of carboxylic acids is 1. The third-order valence-corrected chi connectivity index (χ3v) is 3.33. The monoisotopic (exact) mass is 209 g/mol. The van der Waals surface area contributed by atoms with E-state index in [0.29, 0.717) is 25.9 Å². The number of carbonyl (C=O) groups excluding carboxylic acids is 1. The van der Waals surface area contributed by atoms with Crippen molar-refractivity contribution in [1.29, 1.82) is 0 Å². The molecule has 4 heteroatoms. The predicted molar refractivity (Wildman–Crippen MR) is 54.3 cm³/mol.